The Morgan fingerprint density at radius 1 is 1.35 bits per heavy atom. The first-order chi connectivity index (χ1) is 8.19. The molecule has 1 N–H and O–H groups in total. The molecule has 0 bridgehead atoms. The van der Waals surface area contributed by atoms with Crippen LogP contribution in [0.1, 0.15) is 9.80 Å². The Kier molecular flexibility index (Phi) is 3.98. The summed E-state index contributed by atoms with van der Waals surface area (Å²) in [6.07, 6.45) is 2.00. The van der Waals surface area contributed by atoms with E-state index >= 15 is 0 Å². The molecular weight excluding hydrogens is 278 g/mol. The summed E-state index contributed by atoms with van der Waals surface area (Å²) < 4.78 is 0.257. The molecule has 0 atom stereocenters. The Bertz CT molecular complexity index is 527. The molecule has 0 fully saturated rings. The Morgan fingerprint density at radius 2 is 2.06 bits per heavy atom. The van der Waals surface area contributed by atoms with Gasteiger partial charge in [0.05, 0.1) is 0 Å². The van der Waals surface area contributed by atoms with Gasteiger partial charge in [-0.3, -0.25) is 4.79 Å². The summed E-state index contributed by atoms with van der Waals surface area (Å²) >= 11 is 8.30. The molecular formula is C10H8ClN3OS2. The number of hydrogen-bond donors (Lipinski definition) is 1. The fourth-order valence-corrected chi connectivity index (χ4v) is 2.29. The van der Waals surface area contributed by atoms with E-state index in [-0.39, 0.29) is 15.4 Å². The molecule has 2 rings (SSSR count). The van der Waals surface area contributed by atoms with Crippen LogP contribution in [0.4, 0.5) is 5.69 Å². The Balaban J connectivity index is 2.07. The van der Waals surface area contributed by atoms with Crippen molar-refractivity contribution in [2.75, 3.05) is 11.6 Å². The minimum atomic E-state index is -0.300. The molecule has 0 aliphatic rings. The highest BCUT2D eigenvalue weighted by atomic mass is 35.5. The number of rotatable bonds is 3. The normalized spacial score (nSPS) is 10.2. The molecule has 0 spiro atoms. The minimum absolute atomic E-state index is 0.254. The second-order valence-corrected chi connectivity index (χ2v) is 5.48. The van der Waals surface area contributed by atoms with Crippen molar-refractivity contribution in [1.82, 2.24) is 10.2 Å². The number of nitrogens with one attached hydrogen (secondary N) is 1. The lowest BCUT2D eigenvalue weighted by molar-refractivity contribution is 0.102. The zero-order valence-corrected chi connectivity index (χ0v) is 11.2. The van der Waals surface area contributed by atoms with E-state index in [2.05, 4.69) is 15.5 Å². The third kappa shape index (κ3) is 3.18. The molecule has 1 aromatic heterocycles. The first-order valence-corrected chi connectivity index (χ1v) is 7.05. The van der Waals surface area contributed by atoms with Crippen LogP contribution in [0, 0.1) is 0 Å². The maximum absolute atomic E-state index is 11.7. The average Bonchev–Trinajstić information content (AvgIpc) is 2.77. The molecule has 1 amide bonds. The Morgan fingerprint density at radius 3 is 2.59 bits per heavy atom. The van der Waals surface area contributed by atoms with Gasteiger partial charge in [0.15, 0.2) is 0 Å². The molecule has 0 aliphatic carbocycles. The number of amides is 1. The first kappa shape index (κ1) is 12.3. The van der Waals surface area contributed by atoms with Crippen LogP contribution >= 0.6 is 34.7 Å². The molecule has 0 saturated carbocycles. The highest BCUT2D eigenvalue weighted by Gasteiger charge is 2.11. The molecule has 1 aromatic carbocycles. The molecule has 0 saturated heterocycles. The van der Waals surface area contributed by atoms with E-state index in [9.17, 15) is 4.79 Å². The van der Waals surface area contributed by atoms with Crippen molar-refractivity contribution in [2.24, 2.45) is 0 Å². The topological polar surface area (TPSA) is 54.9 Å². The lowest BCUT2D eigenvalue weighted by Crippen LogP contribution is -2.11. The van der Waals surface area contributed by atoms with Crippen molar-refractivity contribution in [3.63, 3.8) is 0 Å². The monoisotopic (exact) mass is 285 g/mol. The van der Waals surface area contributed by atoms with Gasteiger partial charge in [-0.25, -0.2) is 0 Å². The number of anilines is 1. The van der Waals surface area contributed by atoms with Crippen LogP contribution in [-0.4, -0.2) is 22.4 Å². The van der Waals surface area contributed by atoms with Crippen molar-refractivity contribution in [1.29, 1.82) is 0 Å². The lowest BCUT2D eigenvalue weighted by Gasteiger charge is -2.03. The molecule has 0 unspecified atom stereocenters. The van der Waals surface area contributed by atoms with Crippen LogP contribution < -0.4 is 5.32 Å². The van der Waals surface area contributed by atoms with Gasteiger partial charge in [0.2, 0.25) is 9.47 Å². The van der Waals surface area contributed by atoms with E-state index < -0.39 is 0 Å². The summed E-state index contributed by atoms with van der Waals surface area (Å²) in [5, 5.41) is 10.2. The maximum atomic E-state index is 11.7. The number of thioether (sulfide) groups is 1. The van der Waals surface area contributed by atoms with Gasteiger partial charge in [0.1, 0.15) is 0 Å². The Labute approximate surface area is 111 Å². The van der Waals surface area contributed by atoms with Crippen LogP contribution in [-0.2, 0) is 0 Å². The maximum Gasteiger partial charge on any atom is 0.286 e. The minimum Gasteiger partial charge on any atom is -0.320 e. The number of carbonyl (C=O) groups is 1. The van der Waals surface area contributed by atoms with E-state index in [1.165, 1.54) is 0 Å². The van der Waals surface area contributed by atoms with Crippen LogP contribution in [0.5, 0.6) is 0 Å². The zero-order valence-electron chi connectivity index (χ0n) is 8.81. The predicted molar refractivity (Wildman–Crippen MR) is 71.1 cm³/mol. The van der Waals surface area contributed by atoms with Crippen molar-refractivity contribution < 1.29 is 4.79 Å². The Hall–Kier alpha value is -1.11. The summed E-state index contributed by atoms with van der Waals surface area (Å²) in [6.45, 7) is 0. The largest absolute Gasteiger partial charge is 0.320 e. The zero-order chi connectivity index (χ0) is 12.3. The smallest absolute Gasteiger partial charge is 0.286 e. The standard InChI is InChI=1S/C10H8ClN3OS2/c1-16-7-4-2-6(3-5-7)12-8(15)9-13-14-10(11)17-9/h2-5H,1H3,(H,12,15). The average molecular weight is 286 g/mol. The van der Waals surface area contributed by atoms with Gasteiger partial charge in [0, 0.05) is 10.6 Å². The fraction of sp³-hybridized carbons (Fsp3) is 0.100. The van der Waals surface area contributed by atoms with Crippen molar-refractivity contribution in [2.45, 2.75) is 4.90 Å². The molecule has 17 heavy (non-hydrogen) atoms. The first-order valence-electron chi connectivity index (χ1n) is 4.63. The quantitative estimate of drug-likeness (QED) is 0.880. The molecule has 7 heteroatoms. The van der Waals surface area contributed by atoms with Crippen LogP contribution in [0.25, 0.3) is 0 Å². The van der Waals surface area contributed by atoms with Crippen molar-refractivity contribution >= 4 is 46.3 Å². The van der Waals surface area contributed by atoms with Gasteiger partial charge >= 0.3 is 0 Å². The summed E-state index contributed by atoms with van der Waals surface area (Å²) in [4.78, 5) is 12.9. The van der Waals surface area contributed by atoms with E-state index in [0.717, 1.165) is 21.9 Å². The highest BCUT2D eigenvalue weighted by molar-refractivity contribution is 7.98. The number of nitrogens with zero attached hydrogens (tertiary/aromatic N) is 2. The molecule has 1 heterocycles. The van der Waals surface area contributed by atoms with Crippen LogP contribution in [0.15, 0.2) is 29.2 Å². The summed E-state index contributed by atoms with van der Waals surface area (Å²) in [5.74, 6) is -0.300. The third-order valence-electron chi connectivity index (χ3n) is 1.94. The second kappa shape index (κ2) is 5.48. The summed E-state index contributed by atoms with van der Waals surface area (Å²) in [6, 6.07) is 7.56. The number of benzene rings is 1. The van der Waals surface area contributed by atoms with E-state index in [1.54, 1.807) is 11.8 Å². The summed E-state index contributed by atoms with van der Waals surface area (Å²) in [5.41, 5.74) is 0.721. The lowest BCUT2D eigenvalue weighted by atomic mass is 10.3. The molecule has 0 aliphatic heterocycles. The van der Waals surface area contributed by atoms with Crippen molar-refractivity contribution in [3.8, 4) is 0 Å². The van der Waals surface area contributed by atoms with Crippen LogP contribution in [0.2, 0.25) is 4.47 Å². The van der Waals surface area contributed by atoms with Crippen LogP contribution in [0.3, 0.4) is 0 Å². The van der Waals surface area contributed by atoms with Gasteiger partial charge in [0.25, 0.3) is 5.91 Å². The molecule has 88 valence electrons. The summed E-state index contributed by atoms with van der Waals surface area (Å²) in [7, 11) is 0. The van der Waals surface area contributed by atoms with E-state index in [4.69, 9.17) is 11.6 Å². The highest BCUT2D eigenvalue weighted by Crippen LogP contribution is 2.19. The van der Waals surface area contributed by atoms with Crippen molar-refractivity contribution in [3.05, 3.63) is 33.7 Å². The number of hydrogen-bond acceptors (Lipinski definition) is 5. The van der Waals surface area contributed by atoms with Gasteiger partial charge < -0.3 is 5.32 Å². The SMILES string of the molecule is CSc1ccc(NC(=O)c2nnc(Cl)s2)cc1. The molecule has 0 radical (unpaired) electrons. The number of halogens is 1. The third-order valence-corrected chi connectivity index (χ3v) is 3.70. The van der Waals surface area contributed by atoms with Gasteiger partial charge in [-0.2, -0.15) is 0 Å². The number of aromatic nitrogens is 2. The predicted octanol–water partition coefficient (Wildman–Crippen LogP) is 3.17. The van der Waals surface area contributed by atoms with Gasteiger partial charge in [-0.05, 0) is 42.1 Å². The molecule has 2 aromatic rings. The van der Waals surface area contributed by atoms with E-state index in [0.29, 0.717) is 0 Å². The number of carbonyl (C=O) groups excluding carboxylic acids is 1. The van der Waals surface area contributed by atoms with Gasteiger partial charge in [-0.15, -0.1) is 22.0 Å². The fourth-order valence-electron chi connectivity index (χ4n) is 1.16. The van der Waals surface area contributed by atoms with E-state index in [1.807, 2.05) is 30.5 Å². The van der Waals surface area contributed by atoms with Gasteiger partial charge in [-0.1, -0.05) is 11.3 Å². The second-order valence-electron chi connectivity index (χ2n) is 3.04. The molecule has 4 nitrogen and oxygen atoms in total.